The molecule has 0 aliphatic carbocycles. The van der Waals surface area contributed by atoms with Crippen molar-refractivity contribution in [2.45, 2.75) is 13.3 Å². The molecule has 0 atom stereocenters. The van der Waals surface area contributed by atoms with Gasteiger partial charge in [0, 0.05) is 6.42 Å². The van der Waals surface area contributed by atoms with Crippen molar-refractivity contribution in [3.8, 4) is 0 Å². The maximum absolute atomic E-state index is 11.0. The summed E-state index contributed by atoms with van der Waals surface area (Å²) in [5, 5.41) is 0.303. The summed E-state index contributed by atoms with van der Waals surface area (Å²) in [5.74, 6) is 0.00706. The number of hydrogen-bond donors (Lipinski definition) is 1. The van der Waals surface area contributed by atoms with Crippen molar-refractivity contribution < 1.29 is 13.2 Å². The molecule has 0 aliphatic rings. The normalized spacial score (nSPS) is 11.2. The lowest BCUT2D eigenvalue weighted by Gasteiger charge is -2.08. The van der Waals surface area contributed by atoms with Gasteiger partial charge in [-0.25, -0.2) is 8.42 Å². The Kier molecular flexibility index (Phi) is 3.93. The molecule has 1 rings (SSSR count). The number of nitrogens with one attached hydrogen (secondary N) is 1. The van der Waals surface area contributed by atoms with E-state index in [4.69, 9.17) is 11.6 Å². The van der Waals surface area contributed by atoms with Crippen LogP contribution in [0.4, 0.5) is 5.69 Å². The smallest absolute Gasteiger partial charge is 0.229 e. The Morgan fingerprint density at radius 3 is 2.56 bits per heavy atom. The van der Waals surface area contributed by atoms with E-state index in [1.807, 2.05) is 0 Å². The summed E-state index contributed by atoms with van der Waals surface area (Å²) in [4.78, 5) is 10.9. The highest BCUT2D eigenvalue weighted by Gasteiger charge is 2.08. The molecule has 6 heteroatoms. The van der Waals surface area contributed by atoms with Gasteiger partial charge in [-0.1, -0.05) is 17.7 Å². The first-order valence-electron chi connectivity index (χ1n) is 4.53. The Bertz CT molecular complexity index is 511. The van der Waals surface area contributed by atoms with E-state index in [0.717, 1.165) is 11.8 Å². The minimum Gasteiger partial charge on any atom is -0.300 e. The average Bonchev–Trinajstić information content (AvgIpc) is 2.07. The third-order valence-electron chi connectivity index (χ3n) is 1.78. The molecule has 4 nitrogen and oxygen atoms in total. The number of Topliss-reactive ketones (excluding diaryl/α,β-unsaturated/α-hetero) is 1. The number of rotatable bonds is 4. The van der Waals surface area contributed by atoms with E-state index < -0.39 is 10.0 Å². The number of anilines is 1. The van der Waals surface area contributed by atoms with Crippen molar-refractivity contribution in [3.05, 3.63) is 28.8 Å². The van der Waals surface area contributed by atoms with Crippen LogP contribution in [0.25, 0.3) is 0 Å². The van der Waals surface area contributed by atoms with Crippen LogP contribution < -0.4 is 4.72 Å². The van der Waals surface area contributed by atoms with Gasteiger partial charge in [-0.15, -0.1) is 0 Å². The Labute approximate surface area is 99.7 Å². The quantitative estimate of drug-likeness (QED) is 0.900. The summed E-state index contributed by atoms with van der Waals surface area (Å²) in [6, 6.07) is 4.81. The predicted octanol–water partition coefficient (Wildman–Crippen LogP) is 1.84. The molecule has 0 fully saturated rings. The maximum atomic E-state index is 11.0. The number of hydrogen-bond acceptors (Lipinski definition) is 3. The van der Waals surface area contributed by atoms with Crippen molar-refractivity contribution in [3.63, 3.8) is 0 Å². The van der Waals surface area contributed by atoms with E-state index in [9.17, 15) is 13.2 Å². The first kappa shape index (κ1) is 13.0. The fourth-order valence-electron chi connectivity index (χ4n) is 1.25. The molecule has 1 aromatic carbocycles. The Morgan fingerprint density at radius 2 is 2.06 bits per heavy atom. The lowest BCUT2D eigenvalue weighted by Crippen LogP contribution is -2.10. The van der Waals surface area contributed by atoms with E-state index in [0.29, 0.717) is 10.7 Å². The van der Waals surface area contributed by atoms with Crippen LogP contribution in [0.3, 0.4) is 0 Å². The zero-order valence-electron chi connectivity index (χ0n) is 8.95. The summed E-state index contributed by atoms with van der Waals surface area (Å²) in [5.41, 5.74) is 1.02. The van der Waals surface area contributed by atoms with Crippen molar-refractivity contribution in [1.82, 2.24) is 0 Å². The lowest BCUT2D eigenvalue weighted by atomic mass is 10.1. The fraction of sp³-hybridized carbons (Fsp3) is 0.300. The second kappa shape index (κ2) is 4.84. The summed E-state index contributed by atoms with van der Waals surface area (Å²) >= 11 is 5.83. The molecule has 0 saturated carbocycles. The van der Waals surface area contributed by atoms with Gasteiger partial charge in [-0.05, 0) is 24.6 Å². The molecule has 0 heterocycles. The molecule has 0 amide bonds. The average molecular weight is 262 g/mol. The molecule has 0 aliphatic heterocycles. The summed E-state index contributed by atoms with van der Waals surface area (Å²) in [6.07, 6.45) is 1.30. The monoisotopic (exact) mass is 261 g/mol. The first-order chi connectivity index (χ1) is 7.28. The van der Waals surface area contributed by atoms with Crippen molar-refractivity contribution in [2.75, 3.05) is 11.0 Å². The minimum atomic E-state index is -3.36. The highest BCUT2D eigenvalue weighted by molar-refractivity contribution is 7.92. The second-order valence-electron chi connectivity index (χ2n) is 3.57. The van der Waals surface area contributed by atoms with Crippen LogP contribution in [0, 0.1) is 0 Å². The molecule has 0 unspecified atom stereocenters. The molecule has 0 saturated heterocycles. The largest absolute Gasteiger partial charge is 0.300 e. The highest BCUT2D eigenvalue weighted by Crippen LogP contribution is 2.24. The maximum Gasteiger partial charge on any atom is 0.229 e. The number of benzene rings is 1. The molecule has 0 spiro atoms. The van der Waals surface area contributed by atoms with Crippen molar-refractivity contribution >= 4 is 33.1 Å². The van der Waals surface area contributed by atoms with E-state index in [-0.39, 0.29) is 12.2 Å². The molecule has 1 aromatic rings. The lowest BCUT2D eigenvalue weighted by molar-refractivity contribution is -0.116. The number of carbonyl (C=O) groups is 1. The van der Waals surface area contributed by atoms with Gasteiger partial charge in [0.25, 0.3) is 0 Å². The molecular weight excluding hydrogens is 250 g/mol. The zero-order chi connectivity index (χ0) is 12.3. The van der Waals surface area contributed by atoms with Crippen molar-refractivity contribution in [1.29, 1.82) is 0 Å². The number of carbonyl (C=O) groups excluding carboxylic acids is 1. The number of sulfonamides is 1. The summed E-state index contributed by atoms with van der Waals surface area (Å²) in [7, 11) is -3.36. The van der Waals surface area contributed by atoms with E-state index >= 15 is 0 Å². The Hall–Kier alpha value is -1.07. The molecule has 1 N–H and O–H groups in total. The topological polar surface area (TPSA) is 63.2 Å². The highest BCUT2D eigenvalue weighted by atomic mass is 35.5. The van der Waals surface area contributed by atoms with Crippen LogP contribution in [-0.4, -0.2) is 20.5 Å². The van der Waals surface area contributed by atoms with Gasteiger partial charge >= 0.3 is 0 Å². The van der Waals surface area contributed by atoms with Crippen LogP contribution in [0.15, 0.2) is 18.2 Å². The molecule has 16 heavy (non-hydrogen) atoms. The van der Waals surface area contributed by atoms with Gasteiger partial charge in [-0.3, -0.25) is 9.52 Å². The second-order valence-corrected chi connectivity index (χ2v) is 5.72. The van der Waals surface area contributed by atoms with E-state index in [1.54, 1.807) is 18.2 Å². The molecule has 0 radical (unpaired) electrons. The Balaban J connectivity index is 3.04. The minimum absolute atomic E-state index is 0.00706. The van der Waals surface area contributed by atoms with Gasteiger partial charge < -0.3 is 0 Å². The molecular formula is C10H12ClNO3S. The zero-order valence-corrected chi connectivity index (χ0v) is 10.5. The SMILES string of the molecule is CC(=O)Cc1ccc(Cl)c(NS(C)(=O)=O)c1. The van der Waals surface area contributed by atoms with Gasteiger partial charge in [-0.2, -0.15) is 0 Å². The predicted molar refractivity (Wildman–Crippen MR) is 64.3 cm³/mol. The van der Waals surface area contributed by atoms with E-state index in [2.05, 4.69) is 4.72 Å². The molecule has 0 bridgehead atoms. The molecule has 88 valence electrons. The molecule has 0 aromatic heterocycles. The van der Waals surface area contributed by atoms with Gasteiger partial charge in [0.1, 0.15) is 5.78 Å². The van der Waals surface area contributed by atoms with Gasteiger partial charge in [0.15, 0.2) is 0 Å². The fourth-order valence-corrected chi connectivity index (χ4v) is 2.04. The van der Waals surface area contributed by atoms with Crippen LogP contribution in [0.2, 0.25) is 5.02 Å². The van der Waals surface area contributed by atoms with Crippen LogP contribution in [0.1, 0.15) is 12.5 Å². The number of halogens is 1. The Morgan fingerprint density at radius 1 is 1.44 bits per heavy atom. The first-order valence-corrected chi connectivity index (χ1v) is 6.80. The van der Waals surface area contributed by atoms with Crippen molar-refractivity contribution in [2.24, 2.45) is 0 Å². The number of ketones is 1. The van der Waals surface area contributed by atoms with Gasteiger partial charge in [0.2, 0.25) is 10.0 Å². The standard InChI is InChI=1S/C10H12ClNO3S/c1-7(13)5-8-3-4-9(11)10(6-8)12-16(2,14)15/h3-4,6,12H,5H2,1-2H3. The van der Waals surface area contributed by atoms with E-state index in [1.165, 1.54) is 6.92 Å². The van der Waals surface area contributed by atoms with Gasteiger partial charge in [0.05, 0.1) is 17.0 Å². The summed E-state index contributed by atoms with van der Waals surface area (Å²) in [6.45, 7) is 1.47. The third kappa shape index (κ3) is 4.20. The van der Waals surface area contributed by atoms with Crippen LogP contribution in [0.5, 0.6) is 0 Å². The van der Waals surface area contributed by atoms with Crippen LogP contribution in [-0.2, 0) is 21.2 Å². The van der Waals surface area contributed by atoms with Crippen LogP contribution >= 0.6 is 11.6 Å². The summed E-state index contributed by atoms with van der Waals surface area (Å²) < 4.78 is 24.4. The third-order valence-corrected chi connectivity index (χ3v) is 2.70.